The summed E-state index contributed by atoms with van der Waals surface area (Å²) in [6.45, 7) is 4.56. The van der Waals surface area contributed by atoms with Gasteiger partial charge in [-0.1, -0.05) is 11.6 Å². The minimum Gasteiger partial charge on any atom is -0.493 e. The van der Waals surface area contributed by atoms with Crippen LogP contribution in [0.4, 0.5) is 0 Å². The molecule has 0 unspecified atom stereocenters. The van der Waals surface area contributed by atoms with Crippen LogP contribution in [0.5, 0.6) is 5.75 Å². The van der Waals surface area contributed by atoms with Crippen molar-refractivity contribution in [1.29, 1.82) is 0 Å². The molecule has 0 fully saturated rings. The van der Waals surface area contributed by atoms with Crippen molar-refractivity contribution in [3.63, 3.8) is 0 Å². The lowest BCUT2D eigenvalue weighted by Gasteiger charge is -2.14. The fraction of sp³-hybridized carbons (Fsp3) is 0.357. The lowest BCUT2D eigenvalue weighted by Crippen LogP contribution is -2.27. The van der Waals surface area contributed by atoms with Crippen LogP contribution >= 0.6 is 22.9 Å². The molecule has 0 saturated heterocycles. The molecule has 2 aromatic rings. The SMILES string of the molecule is CC(C)(N)c1cnc(CCOc2ccc(Cl)cc2)s1. The second-order valence-corrected chi connectivity index (χ2v) is 6.44. The highest BCUT2D eigenvalue weighted by atomic mass is 35.5. The Balaban J connectivity index is 1.86. The molecule has 3 nitrogen and oxygen atoms in total. The Kier molecular flexibility index (Phi) is 4.45. The molecule has 0 aliphatic rings. The van der Waals surface area contributed by atoms with Gasteiger partial charge in [0.1, 0.15) is 5.75 Å². The highest BCUT2D eigenvalue weighted by molar-refractivity contribution is 7.11. The van der Waals surface area contributed by atoms with Crippen molar-refractivity contribution >= 4 is 22.9 Å². The number of halogens is 1. The first-order valence-electron chi connectivity index (χ1n) is 6.07. The molecule has 102 valence electrons. The van der Waals surface area contributed by atoms with Gasteiger partial charge in [0.05, 0.1) is 11.6 Å². The van der Waals surface area contributed by atoms with Crippen LogP contribution in [0.25, 0.3) is 0 Å². The summed E-state index contributed by atoms with van der Waals surface area (Å²) >= 11 is 7.45. The standard InChI is InChI=1S/C14H17ClN2OS/c1-14(2,16)12-9-17-13(19-12)7-8-18-11-5-3-10(15)4-6-11/h3-6,9H,7-8,16H2,1-2H3. The van der Waals surface area contributed by atoms with Crippen molar-refractivity contribution in [3.05, 3.63) is 45.4 Å². The summed E-state index contributed by atoms with van der Waals surface area (Å²) in [6.07, 6.45) is 2.63. The average molecular weight is 297 g/mol. The van der Waals surface area contributed by atoms with Gasteiger partial charge in [-0.3, -0.25) is 0 Å². The average Bonchev–Trinajstić information content (AvgIpc) is 2.80. The van der Waals surface area contributed by atoms with Crippen molar-refractivity contribution < 1.29 is 4.74 Å². The van der Waals surface area contributed by atoms with E-state index in [-0.39, 0.29) is 5.54 Å². The Hall–Kier alpha value is -1.10. The number of nitrogens with zero attached hydrogens (tertiary/aromatic N) is 1. The van der Waals surface area contributed by atoms with Crippen LogP contribution in [0.15, 0.2) is 30.5 Å². The Morgan fingerprint density at radius 3 is 2.58 bits per heavy atom. The number of ether oxygens (including phenoxy) is 1. The molecule has 0 bridgehead atoms. The van der Waals surface area contributed by atoms with Gasteiger partial charge in [-0.2, -0.15) is 0 Å². The van der Waals surface area contributed by atoms with Crippen LogP contribution in [0, 0.1) is 0 Å². The van der Waals surface area contributed by atoms with E-state index in [1.54, 1.807) is 11.3 Å². The molecule has 1 aromatic heterocycles. The van der Waals surface area contributed by atoms with E-state index in [2.05, 4.69) is 4.98 Å². The molecule has 0 radical (unpaired) electrons. The summed E-state index contributed by atoms with van der Waals surface area (Å²) in [6, 6.07) is 7.35. The Bertz CT molecular complexity index is 531. The number of nitrogens with two attached hydrogens (primary N) is 1. The van der Waals surface area contributed by atoms with Gasteiger partial charge in [0.15, 0.2) is 0 Å². The van der Waals surface area contributed by atoms with Gasteiger partial charge in [-0.05, 0) is 38.1 Å². The van der Waals surface area contributed by atoms with Crippen molar-refractivity contribution in [3.8, 4) is 5.75 Å². The Morgan fingerprint density at radius 2 is 2.00 bits per heavy atom. The quantitative estimate of drug-likeness (QED) is 0.917. The van der Waals surface area contributed by atoms with Gasteiger partial charge in [0.2, 0.25) is 0 Å². The summed E-state index contributed by atoms with van der Waals surface area (Å²) in [4.78, 5) is 5.46. The maximum absolute atomic E-state index is 6.03. The number of thiazole rings is 1. The molecule has 2 rings (SSSR count). The van der Waals surface area contributed by atoms with Crippen molar-refractivity contribution in [2.75, 3.05) is 6.61 Å². The number of benzene rings is 1. The van der Waals surface area contributed by atoms with Gasteiger partial charge >= 0.3 is 0 Å². The molecule has 0 aliphatic carbocycles. The molecule has 0 aliphatic heterocycles. The number of rotatable bonds is 5. The number of aromatic nitrogens is 1. The first-order chi connectivity index (χ1) is 8.95. The molecular weight excluding hydrogens is 280 g/mol. The highest BCUT2D eigenvalue weighted by Crippen LogP contribution is 2.24. The molecule has 1 heterocycles. The van der Waals surface area contributed by atoms with Crippen molar-refractivity contribution in [2.24, 2.45) is 5.73 Å². The predicted molar refractivity (Wildman–Crippen MR) is 80.0 cm³/mol. The van der Waals surface area contributed by atoms with Crippen molar-refractivity contribution in [1.82, 2.24) is 4.98 Å². The molecule has 1 aromatic carbocycles. The zero-order valence-electron chi connectivity index (χ0n) is 11.0. The van der Waals surface area contributed by atoms with E-state index in [4.69, 9.17) is 22.1 Å². The highest BCUT2D eigenvalue weighted by Gasteiger charge is 2.17. The maximum Gasteiger partial charge on any atom is 0.119 e. The summed E-state index contributed by atoms with van der Waals surface area (Å²) in [5, 5.41) is 1.75. The largest absolute Gasteiger partial charge is 0.493 e. The third-order valence-electron chi connectivity index (χ3n) is 2.59. The Morgan fingerprint density at radius 1 is 1.32 bits per heavy atom. The third kappa shape index (κ3) is 4.20. The van der Waals surface area contributed by atoms with E-state index >= 15 is 0 Å². The van der Waals surface area contributed by atoms with Crippen molar-refractivity contribution in [2.45, 2.75) is 25.8 Å². The van der Waals surface area contributed by atoms with Gasteiger partial charge < -0.3 is 10.5 Å². The smallest absolute Gasteiger partial charge is 0.119 e. The van der Waals surface area contributed by atoms with Crippen LogP contribution in [0.1, 0.15) is 23.7 Å². The van der Waals surface area contributed by atoms with Gasteiger partial charge in [0.25, 0.3) is 0 Å². The zero-order chi connectivity index (χ0) is 13.9. The van der Waals surface area contributed by atoms with Gasteiger partial charge in [-0.15, -0.1) is 11.3 Å². The van der Waals surface area contributed by atoms with E-state index in [9.17, 15) is 0 Å². The van der Waals surface area contributed by atoms with Gasteiger partial charge in [-0.25, -0.2) is 4.98 Å². The van der Waals surface area contributed by atoms with E-state index in [0.717, 1.165) is 22.1 Å². The van der Waals surface area contributed by atoms with E-state index in [0.29, 0.717) is 11.6 Å². The zero-order valence-corrected chi connectivity index (χ0v) is 12.6. The minimum atomic E-state index is -0.326. The second kappa shape index (κ2) is 5.90. The fourth-order valence-electron chi connectivity index (χ4n) is 1.51. The van der Waals surface area contributed by atoms with E-state index in [1.807, 2.05) is 44.3 Å². The molecule has 0 saturated carbocycles. The molecule has 5 heteroatoms. The van der Waals surface area contributed by atoms with Crippen LogP contribution in [-0.4, -0.2) is 11.6 Å². The summed E-state index contributed by atoms with van der Waals surface area (Å²) < 4.78 is 5.64. The lowest BCUT2D eigenvalue weighted by atomic mass is 10.1. The summed E-state index contributed by atoms with van der Waals surface area (Å²) in [5.74, 6) is 0.820. The topological polar surface area (TPSA) is 48.1 Å². The van der Waals surface area contributed by atoms with E-state index in [1.165, 1.54) is 0 Å². The molecule has 0 amide bonds. The van der Waals surface area contributed by atoms with Crippen LogP contribution in [0.3, 0.4) is 0 Å². The summed E-state index contributed by atoms with van der Waals surface area (Å²) in [7, 11) is 0. The Labute approximate surface area is 122 Å². The normalized spacial score (nSPS) is 11.6. The predicted octanol–water partition coefficient (Wildman–Crippen LogP) is 3.61. The third-order valence-corrected chi connectivity index (χ3v) is 4.24. The van der Waals surface area contributed by atoms with Crippen LogP contribution in [-0.2, 0) is 12.0 Å². The lowest BCUT2D eigenvalue weighted by molar-refractivity contribution is 0.322. The first-order valence-corrected chi connectivity index (χ1v) is 7.27. The first kappa shape index (κ1) is 14.3. The number of hydrogen-bond acceptors (Lipinski definition) is 4. The number of hydrogen-bond donors (Lipinski definition) is 1. The van der Waals surface area contributed by atoms with Crippen LogP contribution in [0.2, 0.25) is 5.02 Å². The second-order valence-electron chi connectivity index (χ2n) is 4.89. The van der Waals surface area contributed by atoms with E-state index < -0.39 is 0 Å². The molecular formula is C14H17ClN2OS. The monoisotopic (exact) mass is 296 g/mol. The molecule has 0 atom stereocenters. The van der Waals surface area contributed by atoms with Crippen LogP contribution < -0.4 is 10.5 Å². The maximum atomic E-state index is 6.03. The summed E-state index contributed by atoms with van der Waals surface area (Å²) in [5.41, 5.74) is 5.70. The molecule has 19 heavy (non-hydrogen) atoms. The van der Waals surface area contributed by atoms with Gasteiger partial charge in [0, 0.05) is 28.1 Å². The fourth-order valence-corrected chi connectivity index (χ4v) is 2.55. The minimum absolute atomic E-state index is 0.326. The molecule has 2 N–H and O–H groups in total. The molecule has 0 spiro atoms.